The number of amides is 2. The molecule has 0 spiro atoms. The summed E-state index contributed by atoms with van der Waals surface area (Å²) in [6, 6.07) is 3.04. The molecule has 1 N–H and O–H groups in total. The van der Waals surface area contributed by atoms with Gasteiger partial charge in [0.1, 0.15) is 17.2 Å². The van der Waals surface area contributed by atoms with Crippen LogP contribution in [-0.2, 0) is 9.59 Å². The van der Waals surface area contributed by atoms with E-state index in [2.05, 4.69) is 5.32 Å². The maximum absolute atomic E-state index is 14.0. The number of alkyl halides is 1. The quantitative estimate of drug-likeness (QED) is 0.849. The van der Waals surface area contributed by atoms with Crippen LogP contribution in [0.3, 0.4) is 0 Å². The van der Waals surface area contributed by atoms with Crippen molar-refractivity contribution in [2.75, 3.05) is 13.1 Å². The Morgan fingerprint density at radius 3 is 2.85 bits per heavy atom. The lowest BCUT2D eigenvalue weighted by molar-refractivity contribution is -0.143. The summed E-state index contributed by atoms with van der Waals surface area (Å²) >= 11 is 11.8. The van der Waals surface area contributed by atoms with Gasteiger partial charge in [0.2, 0.25) is 11.8 Å². The van der Waals surface area contributed by atoms with Crippen LogP contribution in [-0.4, -0.2) is 35.2 Å². The second-order valence-corrected chi connectivity index (χ2v) is 5.54. The molecular formula is C13H13Cl2FN2O2. The highest BCUT2D eigenvalue weighted by Crippen LogP contribution is 2.32. The van der Waals surface area contributed by atoms with E-state index in [-0.39, 0.29) is 17.1 Å². The first-order chi connectivity index (χ1) is 9.43. The highest BCUT2D eigenvalue weighted by molar-refractivity contribution is 6.32. The lowest BCUT2D eigenvalue weighted by Crippen LogP contribution is -2.53. The molecule has 0 aliphatic carbocycles. The van der Waals surface area contributed by atoms with Gasteiger partial charge in [-0.15, -0.1) is 11.6 Å². The number of nitrogens with zero attached hydrogens (tertiary/aromatic N) is 1. The van der Waals surface area contributed by atoms with E-state index in [1.807, 2.05) is 0 Å². The standard InChI is InChI=1S/C13H13Cl2FN2O2/c1-7(14)13(20)18-6-5-17-12(19)11(18)10-8(15)3-2-4-9(10)16/h2-4,7,11H,5-6H2,1H3,(H,17,19). The monoisotopic (exact) mass is 318 g/mol. The molecular weight excluding hydrogens is 306 g/mol. The van der Waals surface area contributed by atoms with Gasteiger partial charge in [-0.2, -0.15) is 0 Å². The fraction of sp³-hybridized carbons (Fsp3) is 0.385. The van der Waals surface area contributed by atoms with Crippen molar-refractivity contribution in [3.63, 3.8) is 0 Å². The zero-order valence-corrected chi connectivity index (χ0v) is 12.2. The summed E-state index contributed by atoms with van der Waals surface area (Å²) in [6.45, 7) is 2.07. The Kier molecular flexibility index (Phi) is 4.50. The van der Waals surface area contributed by atoms with E-state index in [0.29, 0.717) is 6.54 Å². The zero-order chi connectivity index (χ0) is 14.9. The van der Waals surface area contributed by atoms with Crippen molar-refractivity contribution in [3.8, 4) is 0 Å². The first-order valence-corrected chi connectivity index (χ1v) is 6.91. The summed E-state index contributed by atoms with van der Waals surface area (Å²) in [5.74, 6) is -1.51. The van der Waals surface area contributed by atoms with Crippen molar-refractivity contribution in [3.05, 3.63) is 34.6 Å². The third-order valence-electron chi connectivity index (χ3n) is 3.11. The smallest absolute Gasteiger partial charge is 0.247 e. The molecule has 0 radical (unpaired) electrons. The average Bonchev–Trinajstić information content (AvgIpc) is 2.39. The lowest BCUT2D eigenvalue weighted by Gasteiger charge is -2.36. The topological polar surface area (TPSA) is 49.4 Å². The molecule has 108 valence electrons. The van der Waals surface area contributed by atoms with Gasteiger partial charge >= 0.3 is 0 Å². The number of piperazine rings is 1. The molecule has 1 aromatic carbocycles. The van der Waals surface area contributed by atoms with Crippen molar-refractivity contribution in [2.45, 2.75) is 18.3 Å². The minimum Gasteiger partial charge on any atom is -0.352 e. The Morgan fingerprint density at radius 2 is 2.25 bits per heavy atom. The Morgan fingerprint density at radius 1 is 1.55 bits per heavy atom. The van der Waals surface area contributed by atoms with E-state index in [1.54, 1.807) is 0 Å². The van der Waals surface area contributed by atoms with Crippen molar-refractivity contribution >= 4 is 35.0 Å². The van der Waals surface area contributed by atoms with Crippen LogP contribution in [0.1, 0.15) is 18.5 Å². The van der Waals surface area contributed by atoms with Crippen molar-refractivity contribution < 1.29 is 14.0 Å². The Labute approximate surface area is 125 Å². The van der Waals surface area contributed by atoms with Crippen LogP contribution in [0.15, 0.2) is 18.2 Å². The summed E-state index contributed by atoms with van der Waals surface area (Å²) in [5.41, 5.74) is -0.00275. The number of rotatable bonds is 2. The number of nitrogens with one attached hydrogen (secondary N) is 1. The van der Waals surface area contributed by atoms with E-state index in [4.69, 9.17) is 23.2 Å². The molecule has 0 bridgehead atoms. The van der Waals surface area contributed by atoms with Gasteiger partial charge in [0.05, 0.1) is 0 Å². The average molecular weight is 319 g/mol. The van der Waals surface area contributed by atoms with Crippen molar-refractivity contribution in [1.29, 1.82) is 0 Å². The van der Waals surface area contributed by atoms with Crippen molar-refractivity contribution in [2.24, 2.45) is 0 Å². The molecule has 2 unspecified atom stereocenters. The largest absolute Gasteiger partial charge is 0.352 e. The van der Waals surface area contributed by atoms with Gasteiger partial charge in [-0.25, -0.2) is 4.39 Å². The minimum atomic E-state index is -1.09. The molecule has 7 heteroatoms. The lowest BCUT2D eigenvalue weighted by atomic mass is 10.0. The molecule has 1 fully saturated rings. The molecule has 1 aliphatic heterocycles. The van der Waals surface area contributed by atoms with E-state index in [1.165, 1.54) is 30.0 Å². The minimum absolute atomic E-state index is 0.00275. The Bertz CT molecular complexity index is 531. The molecule has 2 atom stereocenters. The maximum Gasteiger partial charge on any atom is 0.247 e. The highest BCUT2D eigenvalue weighted by Gasteiger charge is 2.38. The maximum atomic E-state index is 14.0. The van der Waals surface area contributed by atoms with Gasteiger partial charge in [-0.05, 0) is 19.1 Å². The van der Waals surface area contributed by atoms with Crippen LogP contribution in [0.4, 0.5) is 4.39 Å². The third-order valence-corrected chi connectivity index (χ3v) is 3.62. The van der Waals surface area contributed by atoms with Gasteiger partial charge in [0, 0.05) is 23.7 Å². The van der Waals surface area contributed by atoms with E-state index < -0.39 is 29.1 Å². The fourth-order valence-electron chi connectivity index (χ4n) is 2.19. The molecule has 1 aromatic rings. The predicted molar refractivity (Wildman–Crippen MR) is 74.2 cm³/mol. The number of carbonyl (C=O) groups excluding carboxylic acids is 2. The summed E-state index contributed by atoms with van der Waals surface area (Å²) < 4.78 is 14.0. The number of hydrogen-bond donors (Lipinski definition) is 1. The summed E-state index contributed by atoms with van der Waals surface area (Å²) in [7, 11) is 0. The van der Waals surface area contributed by atoms with Gasteiger partial charge in [-0.3, -0.25) is 9.59 Å². The summed E-state index contributed by atoms with van der Waals surface area (Å²) in [5, 5.41) is 1.91. The third kappa shape index (κ3) is 2.74. The van der Waals surface area contributed by atoms with Gasteiger partial charge in [0.15, 0.2) is 0 Å². The van der Waals surface area contributed by atoms with E-state index in [9.17, 15) is 14.0 Å². The van der Waals surface area contributed by atoms with E-state index in [0.717, 1.165) is 0 Å². The SMILES string of the molecule is CC(Cl)C(=O)N1CCNC(=O)C1c1c(F)cccc1Cl. The molecule has 4 nitrogen and oxygen atoms in total. The molecule has 1 saturated heterocycles. The molecule has 2 amide bonds. The molecule has 0 aromatic heterocycles. The van der Waals surface area contributed by atoms with Gasteiger partial charge in [-0.1, -0.05) is 17.7 Å². The van der Waals surface area contributed by atoms with Crippen molar-refractivity contribution in [1.82, 2.24) is 10.2 Å². The fourth-order valence-corrected chi connectivity index (χ4v) is 2.58. The molecule has 2 rings (SSSR count). The molecule has 1 heterocycles. The zero-order valence-electron chi connectivity index (χ0n) is 10.7. The number of halogens is 3. The summed E-state index contributed by atoms with van der Waals surface area (Å²) in [6.07, 6.45) is 0. The number of hydrogen-bond acceptors (Lipinski definition) is 2. The number of carbonyl (C=O) groups is 2. The van der Waals surface area contributed by atoms with E-state index >= 15 is 0 Å². The second-order valence-electron chi connectivity index (χ2n) is 4.48. The van der Waals surface area contributed by atoms with Crippen LogP contribution >= 0.6 is 23.2 Å². The van der Waals surface area contributed by atoms with Crippen LogP contribution < -0.4 is 5.32 Å². The van der Waals surface area contributed by atoms with Crippen LogP contribution in [0, 0.1) is 5.82 Å². The first-order valence-electron chi connectivity index (χ1n) is 6.09. The van der Waals surface area contributed by atoms with Crippen LogP contribution in [0.5, 0.6) is 0 Å². The molecule has 1 aliphatic rings. The van der Waals surface area contributed by atoms with Crippen LogP contribution in [0.2, 0.25) is 5.02 Å². The molecule has 0 saturated carbocycles. The number of benzene rings is 1. The Hall–Kier alpha value is -1.33. The highest BCUT2D eigenvalue weighted by atomic mass is 35.5. The normalized spacial score (nSPS) is 20.5. The van der Waals surface area contributed by atoms with Gasteiger partial charge in [0.25, 0.3) is 0 Å². The predicted octanol–water partition coefficient (Wildman–Crippen LogP) is 2.11. The summed E-state index contributed by atoms with van der Waals surface area (Å²) in [4.78, 5) is 25.4. The van der Waals surface area contributed by atoms with Gasteiger partial charge < -0.3 is 10.2 Å². The van der Waals surface area contributed by atoms with Crippen LogP contribution in [0.25, 0.3) is 0 Å². The molecule has 20 heavy (non-hydrogen) atoms. The Balaban J connectivity index is 2.48. The first kappa shape index (κ1) is 15.1. The second kappa shape index (κ2) is 5.97.